The van der Waals surface area contributed by atoms with E-state index in [-0.39, 0.29) is 114 Å². The monoisotopic (exact) mass is 1100 g/mol. The van der Waals surface area contributed by atoms with Crippen LogP contribution in [0.4, 0.5) is 26.3 Å². The molecular weight excluding hydrogens is 1040 g/mol. The fourth-order valence-corrected chi connectivity index (χ4v) is 13.1. The minimum atomic E-state index is -4.41. The van der Waals surface area contributed by atoms with Gasteiger partial charge in [0, 0.05) is 45.9 Å². The molecule has 77 heavy (non-hydrogen) atoms. The van der Waals surface area contributed by atoms with Crippen LogP contribution in [-0.4, -0.2) is 56.7 Å². The van der Waals surface area contributed by atoms with Crippen LogP contribution in [-0.2, 0) is 50.2 Å². The third kappa shape index (κ3) is 14.0. The summed E-state index contributed by atoms with van der Waals surface area (Å²) in [4.78, 5) is 65.9. The number of carboxylic acid groups (broad SMARTS) is 1. The normalized spacial score (nSPS) is 30.6. The number of halogens is 6. The molecular formula is C56H58F6N2NaO11P. The van der Waals surface area contributed by atoms with E-state index in [2.05, 4.69) is 26.8 Å². The standard InChI is InChI=1S/C28H28F3NO4.C28H28F3NO3.Na.HO4P.H/c1-15-25-23(22-9-6-17(26(33)34)11-19(22)13-24(25)27(35)36-15)10-8-21-7-5-18(14-32-21)16-3-2-4-20(12-16)28(29,30)31;1-16-26-24(23-9-5-17(15-33)11-20(23)13-25(26)27(34)35-16)10-8-22-7-6-19(14-32-22)18-3-2-4-21(12-18)28(29,30)31;;1-4-5(2)3;/h2-5,7-8,10,12,14-15,17,19,22-25H,6,9,11,13H2,1H3,(H,33,34);2-4,6-8,10,12,14-17,20,23-26H,5,9,11,13H2,1H3;;1H;/q;;+1;;-1/b2*10-8+;;;/t15-,17-,19+,22-,23+,24-,25+;16-,17-,20+,23-,24+,25-,26+;;;/m11.../s1. The number of allylic oxidation sites excluding steroid dienone is 2. The largest absolute Gasteiger partial charge is 1.00 e. The Bertz CT molecular complexity index is 2820. The van der Waals surface area contributed by atoms with E-state index in [0.29, 0.717) is 64.7 Å². The summed E-state index contributed by atoms with van der Waals surface area (Å²) in [7, 11) is -3.04. The summed E-state index contributed by atoms with van der Waals surface area (Å²) in [6.07, 6.45) is 9.24. The van der Waals surface area contributed by atoms with E-state index in [4.69, 9.17) is 24.2 Å². The maximum Gasteiger partial charge on any atom is 1.00 e. The second kappa shape index (κ2) is 25.3. The molecule has 6 aliphatic rings. The molecule has 13 nitrogen and oxygen atoms in total. The summed E-state index contributed by atoms with van der Waals surface area (Å²) in [6, 6.07) is 17.5. The molecule has 406 valence electrons. The van der Waals surface area contributed by atoms with Crippen LogP contribution in [0.1, 0.15) is 89.2 Å². The molecule has 2 aromatic heterocycles. The Hall–Kier alpha value is -5.14. The van der Waals surface area contributed by atoms with Crippen molar-refractivity contribution in [2.45, 2.75) is 89.8 Å². The Morgan fingerprint density at radius 3 is 1.53 bits per heavy atom. The van der Waals surface area contributed by atoms with E-state index in [1.165, 1.54) is 12.1 Å². The number of benzene rings is 2. The number of fused-ring (bicyclic) bond motifs is 4. The number of aliphatic carboxylic acids is 1. The molecule has 10 rings (SSSR count). The number of pyridine rings is 2. The van der Waals surface area contributed by atoms with Crippen LogP contribution in [0.15, 0.2) is 97.3 Å². The number of hydrogen-bond donors (Lipinski definition) is 2. The van der Waals surface area contributed by atoms with Crippen LogP contribution >= 0.6 is 8.25 Å². The number of rotatable bonds is 9. The zero-order valence-electron chi connectivity index (χ0n) is 43.4. The van der Waals surface area contributed by atoms with Crippen molar-refractivity contribution in [3.8, 4) is 22.3 Å². The van der Waals surface area contributed by atoms with E-state index in [0.717, 1.165) is 62.7 Å². The van der Waals surface area contributed by atoms with Crippen molar-refractivity contribution >= 4 is 44.6 Å². The maximum atomic E-state index is 13.1. The van der Waals surface area contributed by atoms with E-state index in [9.17, 15) is 50.6 Å². The number of carbonyl (C=O) groups excluding carboxylic acids is 3. The van der Waals surface area contributed by atoms with E-state index >= 15 is 0 Å². The van der Waals surface area contributed by atoms with Crippen molar-refractivity contribution in [3.05, 3.63) is 120 Å². The molecule has 21 heteroatoms. The fourth-order valence-electron chi connectivity index (χ4n) is 13.1. The van der Waals surface area contributed by atoms with Gasteiger partial charge in [-0.05, 0) is 165 Å². The average Bonchev–Trinajstić information content (AvgIpc) is 3.87. The molecule has 0 amide bonds. The third-order valence-corrected chi connectivity index (χ3v) is 16.7. The predicted octanol–water partition coefficient (Wildman–Crippen LogP) is 8.92. The number of nitrogens with zero attached hydrogens (tertiary/aromatic N) is 2. The quantitative estimate of drug-likeness (QED) is 0.0306. The van der Waals surface area contributed by atoms with Gasteiger partial charge in [-0.15, -0.1) is 0 Å². The van der Waals surface area contributed by atoms with Crippen molar-refractivity contribution in [3.63, 3.8) is 0 Å². The number of hydrogen-bond acceptors (Lipinski definition) is 12. The topological polar surface area (TPSA) is 202 Å². The van der Waals surface area contributed by atoms with Crippen molar-refractivity contribution < 1.29 is 110 Å². The predicted molar refractivity (Wildman–Crippen MR) is 263 cm³/mol. The Morgan fingerprint density at radius 2 is 1.14 bits per heavy atom. The van der Waals surface area contributed by atoms with Crippen LogP contribution in [0.5, 0.6) is 0 Å². The third-order valence-electron chi connectivity index (χ3n) is 16.5. The number of carboxylic acids is 1. The summed E-state index contributed by atoms with van der Waals surface area (Å²) >= 11 is 0. The molecule has 0 bridgehead atoms. The second-order valence-electron chi connectivity index (χ2n) is 20.8. The van der Waals surface area contributed by atoms with Gasteiger partial charge in [0.25, 0.3) is 0 Å². The zero-order valence-corrected chi connectivity index (χ0v) is 45.3. The number of alkyl halides is 6. The van der Waals surface area contributed by atoms with E-state index in [1.807, 2.05) is 26.0 Å². The molecule has 1 unspecified atom stereocenters. The van der Waals surface area contributed by atoms with Gasteiger partial charge in [-0.3, -0.25) is 24.4 Å². The van der Waals surface area contributed by atoms with Gasteiger partial charge in [0.05, 0.1) is 40.3 Å². The number of ether oxygens (including phenoxy) is 2. The Balaban J connectivity index is 0.000000227. The molecule has 0 radical (unpaired) electrons. The molecule has 2 aromatic carbocycles. The molecule has 4 aromatic rings. The van der Waals surface area contributed by atoms with Gasteiger partial charge in [0.1, 0.15) is 18.5 Å². The first-order valence-corrected chi connectivity index (χ1v) is 26.4. The molecule has 2 saturated heterocycles. The number of aromatic nitrogens is 2. The molecule has 2 N–H and O–H groups in total. The van der Waals surface area contributed by atoms with E-state index < -0.39 is 37.7 Å². The van der Waals surface area contributed by atoms with Gasteiger partial charge >= 0.3 is 68.1 Å². The first kappa shape index (κ1) is 59.5. The van der Waals surface area contributed by atoms with Crippen molar-refractivity contribution in [1.29, 1.82) is 0 Å². The van der Waals surface area contributed by atoms with Crippen LogP contribution in [0.3, 0.4) is 0 Å². The zero-order chi connectivity index (χ0) is 54.6. The fraction of sp³-hybridized carbons (Fsp3) is 0.464. The van der Waals surface area contributed by atoms with Gasteiger partial charge in [0.2, 0.25) is 0 Å². The molecule has 0 spiro atoms. The number of cyclic esters (lactones) is 2. The number of carbonyl (C=O) groups is 4. The SMILES string of the molecule is C[C@H]1OC(=O)[C@@H]2C[C@@H]3C[C@H](C(=O)O)CC[C@H]3[C@H](/C=C/c3ccc(-c4cccc(C(F)(F)F)c4)cn3)[C@H]12.C[C@H]1OC(=O)[C@@H]2C[C@@H]3C[C@H](C=O)CC[C@H]3[C@H](/C=C/c3ccc(-c4cccc(C(F)(F)F)c4)cn3)[C@H]12.O=[P+]([O-])OO.[H-].[Na+]. The van der Waals surface area contributed by atoms with Crippen LogP contribution in [0.25, 0.3) is 34.4 Å². The van der Waals surface area contributed by atoms with Gasteiger partial charge < -0.3 is 25.7 Å². The molecule has 6 fully saturated rings. The summed E-state index contributed by atoms with van der Waals surface area (Å²) in [5, 5.41) is 16.6. The molecule has 2 aliphatic heterocycles. The van der Waals surface area contributed by atoms with Crippen LogP contribution in [0, 0.1) is 71.0 Å². The smallest absolute Gasteiger partial charge is 1.00 e. The number of esters is 2. The summed E-state index contributed by atoms with van der Waals surface area (Å²) < 4.78 is 101. The van der Waals surface area contributed by atoms with Gasteiger partial charge in [-0.25, -0.2) is 5.26 Å². The van der Waals surface area contributed by atoms with Crippen LogP contribution in [0.2, 0.25) is 0 Å². The maximum absolute atomic E-state index is 13.1. The minimum Gasteiger partial charge on any atom is -1.00 e. The van der Waals surface area contributed by atoms with Crippen molar-refractivity contribution in [2.24, 2.45) is 71.0 Å². The Kier molecular flexibility index (Phi) is 19.6. The molecule has 4 saturated carbocycles. The first-order valence-electron chi connectivity index (χ1n) is 25.3. The van der Waals surface area contributed by atoms with Gasteiger partial charge in [0.15, 0.2) is 0 Å². The average molecular weight is 1100 g/mol. The molecule has 4 heterocycles. The summed E-state index contributed by atoms with van der Waals surface area (Å²) in [6.45, 7) is 3.89. The minimum absolute atomic E-state index is 0. The molecule has 4 aliphatic carbocycles. The van der Waals surface area contributed by atoms with E-state index in [1.54, 1.807) is 48.8 Å². The van der Waals surface area contributed by atoms with Gasteiger partial charge in [-0.2, -0.15) is 26.3 Å². The summed E-state index contributed by atoms with van der Waals surface area (Å²) in [5.41, 5.74) is 2.09. The van der Waals surface area contributed by atoms with Crippen molar-refractivity contribution in [1.82, 2.24) is 9.97 Å². The second-order valence-corrected chi connectivity index (χ2v) is 21.4. The number of aldehydes is 1. The first-order chi connectivity index (χ1) is 36.1. The summed E-state index contributed by atoms with van der Waals surface area (Å²) in [5.74, 6) is -0.229. The van der Waals surface area contributed by atoms with Crippen molar-refractivity contribution in [2.75, 3.05) is 0 Å². The molecule has 15 atom stereocenters. The van der Waals surface area contributed by atoms with Gasteiger partial charge in [-0.1, -0.05) is 48.6 Å². The van der Waals surface area contributed by atoms with Crippen LogP contribution < -0.4 is 34.5 Å². The Labute approximate surface area is 465 Å². The Morgan fingerprint density at radius 1 is 0.701 bits per heavy atom.